The van der Waals surface area contributed by atoms with Gasteiger partial charge in [0.05, 0.1) is 5.52 Å². The van der Waals surface area contributed by atoms with Crippen LogP contribution in [0, 0.1) is 0 Å². The number of hydrogen-bond acceptors (Lipinski definition) is 4. The molecule has 0 fully saturated rings. The summed E-state index contributed by atoms with van der Waals surface area (Å²) in [7, 11) is 2.01. The van der Waals surface area contributed by atoms with Crippen molar-refractivity contribution in [1.29, 1.82) is 0 Å². The van der Waals surface area contributed by atoms with Crippen LogP contribution in [-0.2, 0) is 7.05 Å². The van der Waals surface area contributed by atoms with Gasteiger partial charge in [-0.05, 0) is 17.7 Å². The maximum atomic E-state index is 4.92. The zero-order chi connectivity index (χ0) is 20.3. The fourth-order valence-corrected chi connectivity index (χ4v) is 3.64. The lowest BCUT2D eigenvalue weighted by atomic mass is 10.1. The fourth-order valence-electron chi connectivity index (χ4n) is 3.64. The van der Waals surface area contributed by atoms with Crippen molar-refractivity contribution in [2.75, 3.05) is 5.32 Å². The highest BCUT2D eigenvalue weighted by Crippen LogP contribution is 2.30. The van der Waals surface area contributed by atoms with Gasteiger partial charge in [0, 0.05) is 30.4 Å². The Bertz CT molecular complexity index is 1280. The van der Waals surface area contributed by atoms with Gasteiger partial charge in [0.25, 0.3) is 0 Å². The number of nitrogens with one attached hydrogen (secondary N) is 1. The average molecular weight is 391 g/mol. The van der Waals surface area contributed by atoms with E-state index in [1.54, 1.807) is 0 Å². The fraction of sp³-hybridized carbons (Fsp3) is 0.0800. The molecule has 0 aliphatic carbocycles. The molecule has 2 heterocycles. The molecule has 0 bridgehead atoms. The Morgan fingerprint density at radius 1 is 0.800 bits per heavy atom. The van der Waals surface area contributed by atoms with Crippen molar-refractivity contribution in [3.63, 3.8) is 0 Å². The minimum Gasteiger partial charge on any atom is -0.356 e. The Morgan fingerprint density at radius 3 is 2.23 bits per heavy atom. The minimum absolute atomic E-state index is 0.145. The van der Waals surface area contributed by atoms with Crippen LogP contribution in [0.3, 0.4) is 0 Å². The van der Waals surface area contributed by atoms with Crippen molar-refractivity contribution in [1.82, 2.24) is 19.5 Å². The molecule has 5 nitrogen and oxygen atoms in total. The lowest BCUT2D eigenvalue weighted by Crippen LogP contribution is -2.18. The lowest BCUT2D eigenvalue weighted by Gasteiger charge is -2.21. The van der Waals surface area contributed by atoms with Gasteiger partial charge < -0.3 is 9.88 Å². The molecule has 0 saturated heterocycles. The maximum Gasteiger partial charge on any atom is 0.162 e. The predicted molar refractivity (Wildman–Crippen MR) is 120 cm³/mol. The molecule has 1 N–H and O–H groups in total. The molecule has 0 aliphatic heterocycles. The van der Waals surface area contributed by atoms with Gasteiger partial charge in [0.15, 0.2) is 5.82 Å². The SMILES string of the molecule is Cn1ccnc1[C@H](Nc1nc(-c2ccccc2)nc2ccccc12)c1ccccc1. The molecule has 5 aromatic rings. The summed E-state index contributed by atoms with van der Waals surface area (Å²) < 4.78 is 2.03. The van der Waals surface area contributed by atoms with Crippen LogP contribution in [0.25, 0.3) is 22.3 Å². The third kappa shape index (κ3) is 3.42. The smallest absolute Gasteiger partial charge is 0.162 e. The van der Waals surface area contributed by atoms with Crippen LogP contribution in [0.2, 0.25) is 0 Å². The first-order valence-electron chi connectivity index (χ1n) is 9.90. The van der Waals surface area contributed by atoms with E-state index in [0.29, 0.717) is 5.82 Å². The Hall–Kier alpha value is -3.99. The molecule has 5 rings (SSSR count). The monoisotopic (exact) mass is 391 g/mol. The summed E-state index contributed by atoms with van der Waals surface area (Å²) in [4.78, 5) is 14.3. The quantitative estimate of drug-likeness (QED) is 0.446. The second-order valence-electron chi connectivity index (χ2n) is 7.16. The van der Waals surface area contributed by atoms with Gasteiger partial charge in [0.1, 0.15) is 17.7 Å². The van der Waals surface area contributed by atoms with E-state index in [1.807, 2.05) is 96.8 Å². The van der Waals surface area contributed by atoms with Crippen molar-refractivity contribution in [2.45, 2.75) is 6.04 Å². The topological polar surface area (TPSA) is 55.6 Å². The molecular formula is C25H21N5. The van der Waals surface area contributed by atoms with Gasteiger partial charge in [-0.15, -0.1) is 0 Å². The van der Waals surface area contributed by atoms with E-state index >= 15 is 0 Å². The zero-order valence-electron chi connectivity index (χ0n) is 16.6. The molecule has 5 heteroatoms. The number of rotatable bonds is 5. The van der Waals surface area contributed by atoms with Gasteiger partial charge in [-0.1, -0.05) is 72.8 Å². The Kier molecular flexibility index (Phi) is 4.69. The first kappa shape index (κ1) is 18.1. The number of aryl methyl sites for hydroxylation is 1. The standard InChI is InChI=1S/C25H21N5/c1-30-17-16-26-25(30)22(18-10-4-2-5-11-18)28-24-20-14-8-9-15-21(20)27-23(29-24)19-12-6-3-7-13-19/h2-17,22H,1H3,(H,27,28,29)/t22-/m1/s1. The molecular weight excluding hydrogens is 370 g/mol. The number of para-hydroxylation sites is 1. The number of hydrogen-bond donors (Lipinski definition) is 1. The van der Waals surface area contributed by atoms with Gasteiger partial charge in [-0.25, -0.2) is 15.0 Å². The first-order chi connectivity index (χ1) is 14.8. The number of imidazole rings is 1. The molecule has 0 saturated carbocycles. The van der Waals surface area contributed by atoms with Crippen LogP contribution in [0.1, 0.15) is 17.4 Å². The summed E-state index contributed by atoms with van der Waals surface area (Å²) in [5.74, 6) is 2.41. The van der Waals surface area contributed by atoms with Crippen LogP contribution in [-0.4, -0.2) is 19.5 Å². The summed E-state index contributed by atoms with van der Waals surface area (Å²) in [6, 6.07) is 28.3. The molecule has 0 spiro atoms. The number of anilines is 1. The molecule has 30 heavy (non-hydrogen) atoms. The van der Waals surface area contributed by atoms with Crippen molar-refractivity contribution >= 4 is 16.7 Å². The molecule has 2 aromatic heterocycles. The zero-order valence-corrected chi connectivity index (χ0v) is 16.6. The van der Waals surface area contributed by atoms with E-state index in [9.17, 15) is 0 Å². The Balaban J connectivity index is 1.66. The van der Waals surface area contributed by atoms with Crippen molar-refractivity contribution in [2.24, 2.45) is 7.05 Å². The number of benzene rings is 3. The number of fused-ring (bicyclic) bond motifs is 1. The van der Waals surface area contributed by atoms with Crippen molar-refractivity contribution in [3.8, 4) is 11.4 Å². The average Bonchev–Trinajstić information content (AvgIpc) is 3.24. The number of nitrogens with zero attached hydrogens (tertiary/aromatic N) is 4. The summed E-state index contributed by atoms with van der Waals surface area (Å²) in [5, 5.41) is 4.64. The summed E-state index contributed by atoms with van der Waals surface area (Å²) >= 11 is 0. The highest BCUT2D eigenvalue weighted by Gasteiger charge is 2.20. The molecule has 1 atom stereocenters. The van der Waals surface area contributed by atoms with Crippen LogP contribution in [0.4, 0.5) is 5.82 Å². The van der Waals surface area contributed by atoms with E-state index in [-0.39, 0.29) is 6.04 Å². The molecule has 0 radical (unpaired) electrons. The van der Waals surface area contributed by atoms with E-state index in [4.69, 9.17) is 9.97 Å². The highest BCUT2D eigenvalue weighted by molar-refractivity contribution is 5.90. The van der Waals surface area contributed by atoms with Crippen LogP contribution in [0.5, 0.6) is 0 Å². The minimum atomic E-state index is -0.145. The van der Waals surface area contributed by atoms with Crippen molar-refractivity contribution in [3.05, 3.63) is 109 Å². The van der Waals surface area contributed by atoms with Gasteiger partial charge in [-0.2, -0.15) is 0 Å². The number of aromatic nitrogens is 4. The summed E-state index contributed by atoms with van der Waals surface area (Å²) in [6.45, 7) is 0. The van der Waals surface area contributed by atoms with E-state index in [0.717, 1.165) is 33.7 Å². The summed E-state index contributed by atoms with van der Waals surface area (Å²) in [6.07, 6.45) is 3.78. The van der Waals surface area contributed by atoms with Gasteiger partial charge >= 0.3 is 0 Å². The Labute approximate surface area is 175 Å². The molecule has 0 amide bonds. The van der Waals surface area contributed by atoms with Gasteiger partial charge in [0.2, 0.25) is 0 Å². The molecule has 0 aliphatic rings. The van der Waals surface area contributed by atoms with E-state index in [2.05, 4.69) is 22.4 Å². The molecule has 0 unspecified atom stereocenters. The molecule has 3 aromatic carbocycles. The Morgan fingerprint density at radius 2 is 1.50 bits per heavy atom. The van der Waals surface area contributed by atoms with Gasteiger partial charge in [-0.3, -0.25) is 0 Å². The summed E-state index contributed by atoms with van der Waals surface area (Å²) in [5.41, 5.74) is 3.01. The first-order valence-corrected chi connectivity index (χ1v) is 9.90. The predicted octanol–water partition coefficient (Wildman–Crippen LogP) is 5.23. The van der Waals surface area contributed by atoms with E-state index < -0.39 is 0 Å². The van der Waals surface area contributed by atoms with Crippen LogP contribution >= 0.6 is 0 Å². The van der Waals surface area contributed by atoms with Crippen LogP contribution in [0.15, 0.2) is 97.3 Å². The largest absolute Gasteiger partial charge is 0.356 e. The molecule has 146 valence electrons. The highest BCUT2D eigenvalue weighted by atomic mass is 15.1. The van der Waals surface area contributed by atoms with Crippen LogP contribution < -0.4 is 5.32 Å². The normalized spacial score (nSPS) is 12.0. The second-order valence-corrected chi connectivity index (χ2v) is 7.16. The maximum absolute atomic E-state index is 4.92. The lowest BCUT2D eigenvalue weighted by molar-refractivity contribution is 0.746. The van der Waals surface area contributed by atoms with Crippen molar-refractivity contribution < 1.29 is 0 Å². The third-order valence-corrected chi connectivity index (χ3v) is 5.17. The second kappa shape index (κ2) is 7.79. The van der Waals surface area contributed by atoms with E-state index in [1.165, 1.54) is 0 Å². The third-order valence-electron chi connectivity index (χ3n) is 5.17.